The topological polar surface area (TPSA) is 58.6 Å². The zero-order chi connectivity index (χ0) is 17.8. The molecule has 1 heterocycles. The van der Waals surface area contributed by atoms with E-state index in [0.29, 0.717) is 24.6 Å². The van der Waals surface area contributed by atoms with Gasteiger partial charge in [-0.2, -0.15) is 0 Å². The van der Waals surface area contributed by atoms with Crippen LogP contribution in [0.1, 0.15) is 30.9 Å². The van der Waals surface area contributed by atoms with E-state index in [1.165, 1.54) is 0 Å². The normalized spacial score (nSPS) is 12.6. The molecule has 0 unspecified atom stereocenters. The van der Waals surface area contributed by atoms with Crippen LogP contribution in [0.3, 0.4) is 0 Å². The van der Waals surface area contributed by atoms with Crippen molar-refractivity contribution in [3.05, 3.63) is 59.7 Å². The first-order valence-electron chi connectivity index (χ1n) is 8.56. The van der Waals surface area contributed by atoms with Crippen LogP contribution >= 0.6 is 0 Å². The van der Waals surface area contributed by atoms with Crippen LogP contribution in [0, 0.1) is 0 Å². The van der Waals surface area contributed by atoms with Crippen molar-refractivity contribution in [3.63, 3.8) is 0 Å². The van der Waals surface area contributed by atoms with Gasteiger partial charge in [-0.3, -0.25) is 9.59 Å². The van der Waals surface area contributed by atoms with Crippen LogP contribution in [0.25, 0.3) is 0 Å². The summed E-state index contributed by atoms with van der Waals surface area (Å²) in [6.45, 7) is 4.82. The summed E-state index contributed by atoms with van der Waals surface area (Å²) in [5.41, 5.74) is 1.67. The number of fused-ring (bicyclic) bond motifs is 2. The van der Waals surface area contributed by atoms with Gasteiger partial charge in [-0.05, 0) is 26.0 Å². The highest BCUT2D eigenvalue weighted by molar-refractivity contribution is 5.92. The number of nitrogens with zero attached hydrogens (tertiary/aromatic N) is 1. The molecule has 25 heavy (non-hydrogen) atoms. The van der Waals surface area contributed by atoms with Crippen LogP contribution in [0.15, 0.2) is 48.5 Å². The fourth-order valence-electron chi connectivity index (χ4n) is 3.13. The van der Waals surface area contributed by atoms with Crippen molar-refractivity contribution in [2.45, 2.75) is 19.8 Å². The van der Waals surface area contributed by atoms with Crippen molar-refractivity contribution >= 4 is 11.8 Å². The molecule has 0 bridgehead atoms. The van der Waals surface area contributed by atoms with Crippen molar-refractivity contribution in [1.29, 1.82) is 0 Å². The van der Waals surface area contributed by atoms with E-state index in [1.54, 1.807) is 4.90 Å². The minimum Gasteiger partial charge on any atom is -0.457 e. The Kier molecular flexibility index (Phi) is 5.03. The summed E-state index contributed by atoms with van der Waals surface area (Å²) in [4.78, 5) is 26.8. The molecule has 130 valence electrons. The molecule has 0 saturated carbocycles. The number of amides is 2. The quantitative estimate of drug-likeness (QED) is 0.912. The molecule has 5 nitrogen and oxygen atoms in total. The molecule has 1 N–H and O–H groups in total. The van der Waals surface area contributed by atoms with Gasteiger partial charge in [0.1, 0.15) is 11.5 Å². The molecular weight excluding hydrogens is 316 g/mol. The zero-order valence-electron chi connectivity index (χ0n) is 14.5. The Hall–Kier alpha value is -2.82. The maximum atomic E-state index is 13.3. The summed E-state index contributed by atoms with van der Waals surface area (Å²) in [6.07, 6.45) is 0. The van der Waals surface area contributed by atoms with E-state index >= 15 is 0 Å². The van der Waals surface area contributed by atoms with E-state index in [0.717, 1.165) is 11.1 Å². The lowest BCUT2D eigenvalue weighted by atomic mass is 9.87. The van der Waals surface area contributed by atoms with E-state index < -0.39 is 5.92 Å². The number of nitrogens with one attached hydrogen (secondary N) is 1. The number of likely N-dealkylation sites (N-methyl/N-ethyl adjacent to an activating group) is 2. The van der Waals surface area contributed by atoms with Crippen molar-refractivity contribution in [2.75, 3.05) is 19.6 Å². The van der Waals surface area contributed by atoms with Gasteiger partial charge in [0.05, 0.1) is 12.5 Å². The average Bonchev–Trinajstić information content (AvgIpc) is 2.63. The summed E-state index contributed by atoms with van der Waals surface area (Å²) in [5, 5.41) is 2.75. The maximum absolute atomic E-state index is 13.3. The number of carbonyl (C=O) groups excluding carboxylic acids is 2. The second-order valence-corrected chi connectivity index (χ2v) is 5.92. The van der Waals surface area contributed by atoms with Crippen LogP contribution < -0.4 is 10.1 Å². The molecule has 0 fully saturated rings. The molecule has 2 aromatic carbocycles. The number of benzene rings is 2. The van der Waals surface area contributed by atoms with Crippen LogP contribution in [0.4, 0.5) is 0 Å². The highest BCUT2D eigenvalue weighted by atomic mass is 16.5. The van der Waals surface area contributed by atoms with E-state index in [-0.39, 0.29) is 18.4 Å². The lowest BCUT2D eigenvalue weighted by Crippen LogP contribution is -2.43. The minimum absolute atomic E-state index is 0.0604. The Morgan fingerprint density at radius 2 is 1.56 bits per heavy atom. The fraction of sp³-hybridized carbons (Fsp3) is 0.300. The Morgan fingerprint density at radius 3 is 2.08 bits per heavy atom. The van der Waals surface area contributed by atoms with Gasteiger partial charge in [-0.1, -0.05) is 36.4 Å². The Labute approximate surface area is 147 Å². The summed E-state index contributed by atoms with van der Waals surface area (Å²) < 4.78 is 5.94. The van der Waals surface area contributed by atoms with Crippen LogP contribution in [0.2, 0.25) is 0 Å². The second-order valence-electron chi connectivity index (χ2n) is 5.92. The number of hydrogen-bond donors (Lipinski definition) is 1. The molecule has 0 spiro atoms. The third-order valence-corrected chi connectivity index (χ3v) is 4.33. The number of para-hydroxylation sites is 2. The lowest BCUT2D eigenvalue weighted by molar-refractivity contribution is -0.136. The smallest absolute Gasteiger partial charge is 0.239 e. The Bertz CT molecular complexity index is 743. The molecule has 1 aliphatic rings. The molecule has 0 aliphatic carbocycles. The summed E-state index contributed by atoms with van der Waals surface area (Å²) >= 11 is 0. The number of carbonyl (C=O) groups is 2. The highest BCUT2D eigenvalue weighted by Gasteiger charge is 2.35. The predicted molar refractivity (Wildman–Crippen MR) is 95.7 cm³/mol. The van der Waals surface area contributed by atoms with E-state index in [9.17, 15) is 9.59 Å². The van der Waals surface area contributed by atoms with Gasteiger partial charge in [0.2, 0.25) is 11.8 Å². The summed E-state index contributed by atoms with van der Waals surface area (Å²) in [5.74, 6) is 0.682. The van der Waals surface area contributed by atoms with Gasteiger partial charge in [-0.15, -0.1) is 0 Å². The molecule has 1 aliphatic heterocycles. The van der Waals surface area contributed by atoms with Crippen LogP contribution in [-0.4, -0.2) is 36.3 Å². The minimum atomic E-state index is -0.462. The number of rotatable bonds is 5. The van der Waals surface area contributed by atoms with Gasteiger partial charge in [0, 0.05) is 24.2 Å². The van der Waals surface area contributed by atoms with Crippen LogP contribution in [0.5, 0.6) is 11.5 Å². The first-order valence-corrected chi connectivity index (χ1v) is 8.56. The highest BCUT2D eigenvalue weighted by Crippen LogP contribution is 2.44. The largest absolute Gasteiger partial charge is 0.457 e. The van der Waals surface area contributed by atoms with Crippen molar-refractivity contribution in [1.82, 2.24) is 10.2 Å². The van der Waals surface area contributed by atoms with E-state index in [1.807, 2.05) is 62.4 Å². The monoisotopic (exact) mass is 338 g/mol. The number of ether oxygens (including phenoxy) is 1. The summed E-state index contributed by atoms with van der Waals surface area (Å²) in [7, 11) is 0. The zero-order valence-corrected chi connectivity index (χ0v) is 14.5. The van der Waals surface area contributed by atoms with Gasteiger partial charge in [0.15, 0.2) is 0 Å². The molecule has 0 aromatic heterocycles. The van der Waals surface area contributed by atoms with Gasteiger partial charge in [0.25, 0.3) is 0 Å². The first kappa shape index (κ1) is 17.0. The summed E-state index contributed by atoms with van der Waals surface area (Å²) in [6, 6.07) is 15.1. The van der Waals surface area contributed by atoms with Crippen molar-refractivity contribution in [3.8, 4) is 11.5 Å². The molecule has 2 aromatic rings. The lowest BCUT2D eigenvalue weighted by Gasteiger charge is -2.31. The number of hydrogen-bond acceptors (Lipinski definition) is 3. The SMILES string of the molecule is CCNC(=O)CN(CC)C(=O)C1c2ccccc2Oc2ccccc21. The van der Waals surface area contributed by atoms with Crippen molar-refractivity contribution in [2.24, 2.45) is 0 Å². The van der Waals surface area contributed by atoms with E-state index in [2.05, 4.69) is 5.32 Å². The van der Waals surface area contributed by atoms with Gasteiger partial charge in [-0.25, -0.2) is 0 Å². The molecule has 0 saturated heterocycles. The molecule has 3 rings (SSSR count). The predicted octanol–water partition coefficient (Wildman–Crippen LogP) is 2.91. The fourth-order valence-corrected chi connectivity index (χ4v) is 3.13. The standard InChI is InChI=1S/C20H22N2O3/c1-3-21-18(23)13-22(4-2)20(24)19-14-9-5-7-11-16(14)25-17-12-8-6-10-15(17)19/h5-12,19H,3-4,13H2,1-2H3,(H,21,23). The molecular formula is C20H22N2O3. The molecule has 0 radical (unpaired) electrons. The molecule has 5 heteroatoms. The third-order valence-electron chi connectivity index (χ3n) is 4.33. The first-order chi connectivity index (χ1) is 12.2. The van der Waals surface area contributed by atoms with Crippen LogP contribution in [-0.2, 0) is 9.59 Å². The Balaban J connectivity index is 1.97. The van der Waals surface area contributed by atoms with Crippen molar-refractivity contribution < 1.29 is 14.3 Å². The average molecular weight is 338 g/mol. The molecule has 0 atom stereocenters. The third kappa shape index (κ3) is 3.36. The van der Waals surface area contributed by atoms with Gasteiger partial charge < -0.3 is 15.0 Å². The second kappa shape index (κ2) is 7.38. The Morgan fingerprint density at radius 1 is 1.00 bits per heavy atom. The molecule has 2 amide bonds. The maximum Gasteiger partial charge on any atom is 0.239 e. The van der Waals surface area contributed by atoms with Gasteiger partial charge >= 0.3 is 0 Å². The van der Waals surface area contributed by atoms with E-state index in [4.69, 9.17) is 4.74 Å².